The Morgan fingerprint density at radius 3 is 1.80 bits per heavy atom. The maximum absolute atomic E-state index is 3.46. The van der Waals surface area contributed by atoms with Gasteiger partial charge in [-0.1, -0.05) is 0 Å². The number of hydrogen-bond acceptors (Lipinski definition) is 2. The Balaban J connectivity index is 0.000000405. The Kier molecular flexibility index (Phi) is 3.95. The molecule has 4 heteroatoms. The summed E-state index contributed by atoms with van der Waals surface area (Å²) < 4.78 is 0. The van der Waals surface area contributed by atoms with Crippen LogP contribution < -0.4 is 10.6 Å². The second-order valence-corrected chi connectivity index (χ2v) is 2.79. The molecule has 2 N–H and O–H groups in total. The molecule has 62 valence electrons. The zero-order valence-electron chi connectivity index (χ0n) is 5.85. The van der Waals surface area contributed by atoms with Crippen molar-refractivity contribution in [2.75, 3.05) is 13.1 Å². The van der Waals surface area contributed by atoms with Crippen molar-refractivity contribution >= 4 is 24.8 Å². The van der Waals surface area contributed by atoms with Crippen LogP contribution in [0.1, 0.15) is 19.3 Å². The fourth-order valence-electron chi connectivity index (χ4n) is 1.60. The molecular formula is C6H14Cl2N2. The number of halogens is 2. The summed E-state index contributed by atoms with van der Waals surface area (Å²) in [7, 11) is 0. The van der Waals surface area contributed by atoms with Crippen LogP contribution in [0, 0.1) is 0 Å². The topological polar surface area (TPSA) is 24.1 Å². The van der Waals surface area contributed by atoms with Gasteiger partial charge in [-0.2, -0.15) is 0 Å². The molecule has 0 saturated carbocycles. The van der Waals surface area contributed by atoms with E-state index in [2.05, 4.69) is 10.6 Å². The van der Waals surface area contributed by atoms with Crippen LogP contribution in [0.15, 0.2) is 0 Å². The molecule has 0 aliphatic carbocycles. The van der Waals surface area contributed by atoms with Gasteiger partial charge >= 0.3 is 0 Å². The first kappa shape index (κ1) is 10.5. The van der Waals surface area contributed by atoms with Crippen molar-refractivity contribution in [3.8, 4) is 0 Å². The monoisotopic (exact) mass is 184 g/mol. The van der Waals surface area contributed by atoms with Gasteiger partial charge in [0.1, 0.15) is 0 Å². The molecule has 1 atom stereocenters. The minimum atomic E-state index is 0. The summed E-state index contributed by atoms with van der Waals surface area (Å²) >= 11 is 0. The Labute approximate surface area is 74.0 Å². The summed E-state index contributed by atoms with van der Waals surface area (Å²) in [6.45, 7) is 2.43. The average molecular weight is 185 g/mol. The van der Waals surface area contributed by atoms with Gasteiger partial charge in [-0.25, -0.2) is 0 Å². The Morgan fingerprint density at radius 1 is 0.900 bits per heavy atom. The van der Waals surface area contributed by atoms with Crippen molar-refractivity contribution in [2.45, 2.75) is 24.9 Å². The van der Waals surface area contributed by atoms with E-state index in [4.69, 9.17) is 0 Å². The zero-order valence-corrected chi connectivity index (χ0v) is 7.49. The van der Waals surface area contributed by atoms with E-state index in [9.17, 15) is 0 Å². The largest absolute Gasteiger partial charge is 0.299 e. The van der Waals surface area contributed by atoms with E-state index in [1.807, 2.05) is 0 Å². The van der Waals surface area contributed by atoms with Crippen LogP contribution in [-0.4, -0.2) is 18.8 Å². The van der Waals surface area contributed by atoms with Crippen LogP contribution >= 0.6 is 24.8 Å². The molecule has 0 amide bonds. The summed E-state index contributed by atoms with van der Waals surface area (Å²) in [5.41, 5.74) is 0.417. The second-order valence-electron chi connectivity index (χ2n) is 2.79. The summed E-state index contributed by atoms with van der Waals surface area (Å²) in [4.78, 5) is 0. The van der Waals surface area contributed by atoms with Crippen LogP contribution in [0.4, 0.5) is 0 Å². The standard InChI is InChI=1S/C6H12N2.2ClH/c1-2-6(7-4-1)3-5-8-6;;/h7-8H,1-5H2;2*1H. The molecule has 2 saturated heterocycles. The van der Waals surface area contributed by atoms with Crippen LogP contribution in [0.2, 0.25) is 0 Å². The van der Waals surface area contributed by atoms with Crippen LogP contribution in [-0.2, 0) is 0 Å². The highest BCUT2D eigenvalue weighted by Gasteiger charge is 2.38. The van der Waals surface area contributed by atoms with Crippen molar-refractivity contribution in [1.29, 1.82) is 0 Å². The van der Waals surface area contributed by atoms with E-state index in [0.29, 0.717) is 5.66 Å². The predicted octanol–water partition coefficient (Wildman–Crippen LogP) is 0.903. The number of rotatable bonds is 0. The van der Waals surface area contributed by atoms with Crippen molar-refractivity contribution in [3.05, 3.63) is 0 Å². The number of nitrogens with one attached hydrogen (secondary N) is 2. The SMILES string of the molecule is C1CNC2(C1)CCN2.Cl.Cl. The third-order valence-corrected chi connectivity index (χ3v) is 2.26. The summed E-state index contributed by atoms with van der Waals surface area (Å²) in [6.07, 6.45) is 4.03. The number of hydrogen-bond donors (Lipinski definition) is 2. The van der Waals surface area contributed by atoms with E-state index in [1.54, 1.807) is 0 Å². The molecule has 1 spiro atoms. The highest BCUT2D eigenvalue weighted by molar-refractivity contribution is 5.85. The molecule has 0 aromatic heterocycles. The van der Waals surface area contributed by atoms with Gasteiger partial charge in [-0.05, 0) is 32.4 Å². The molecule has 2 aliphatic heterocycles. The maximum atomic E-state index is 3.46. The predicted molar refractivity (Wildman–Crippen MR) is 47.1 cm³/mol. The lowest BCUT2D eigenvalue weighted by molar-refractivity contribution is 0.185. The van der Waals surface area contributed by atoms with E-state index < -0.39 is 0 Å². The van der Waals surface area contributed by atoms with E-state index in [1.165, 1.54) is 32.4 Å². The van der Waals surface area contributed by atoms with Crippen LogP contribution in [0.5, 0.6) is 0 Å². The maximum Gasteiger partial charge on any atom is 0.0699 e. The molecule has 0 aromatic carbocycles. The molecule has 2 rings (SSSR count). The van der Waals surface area contributed by atoms with E-state index in [0.717, 1.165) is 0 Å². The van der Waals surface area contributed by atoms with E-state index in [-0.39, 0.29) is 24.8 Å². The van der Waals surface area contributed by atoms with Crippen molar-refractivity contribution in [3.63, 3.8) is 0 Å². The van der Waals surface area contributed by atoms with Gasteiger partial charge in [0.15, 0.2) is 0 Å². The van der Waals surface area contributed by atoms with Crippen molar-refractivity contribution < 1.29 is 0 Å². The summed E-state index contributed by atoms with van der Waals surface area (Å²) in [5, 5.41) is 6.87. The van der Waals surface area contributed by atoms with Crippen molar-refractivity contribution in [2.24, 2.45) is 0 Å². The fourth-order valence-corrected chi connectivity index (χ4v) is 1.60. The molecule has 10 heavy (non-hydrogen) atoms. The zero-order chi connectivity index (χ0) is 5.45. The molecule has 2 nitrogen and oxygen atoms in total. The van der Waals surface area contributed by atoms with Gasteiger partial charge in [0.25, 0.3) is 0 Å². The molecule has 0 aromatic rings. The molecule has 0 radical (unpaired) electrons. The smallest absolute Gasteiger partial charge is 0.0699 e. The van der Waals surface area contributed by atoms with Gasteiger partial charge in [0, 0.05) is 0 Å². The Morgan fingerprint density at radius 2 is 1.60 bits per heavy atom. The quantitative estimate of drug-likeness (QED) is 0.586. The highest BCUT2D eigenvalue weighted by atomic mass is 35.5. The lowest BCUT2D eigenvalue weighted by Gasteiger charge is -2.40. The van der Waals surface area contributed by atoms with Crippen LogP contribution in [0.25, 0.3) is 0 Å². The average Bonchev–Trinajstić information content (AvgIpc) is 2.07. The Hall–Kier alpha value is 0.500. The third-order valence-electron chi connectivity index (χ3n) is 2.26. The van der Waals surface area contributed by atoms with Crippen molar-refractivity contribution in [1.82, 2.24) is 10.6 Å². The first-order chi connectivity index (χ1) is 3.91. The van der Waals surface area contributed by atoms with Crippen LogP contribution in [0.3, 0.4) is 0 Å². The van der Waals surface area contributed by atoms with Gasteiger partial charge < -0.3 is 0 Å². The molecule has 2 fully saturated rings. The van der Waals surface area contributed by atoms with Gasteiger partial charge in [0.2, 0.25) is 0 Å². The molecule has 0 bridgehead atoms. The fraction of sp³-hybridized carbons (Fsp3) is 1.00. The highest BCUT2D eigenvalue weighted by Crippen LogP contribution is 2.25. The van der Waals surface area contributed by atoms with Gasteiger partial charge in [-0.15, -0.1) is 24.8 Å². The van der Waals surface area contributed by atoms with Gasteiger partial charge in [-0.3, -0.25) is 10.6 Å². The second kappa shape index (κ2) is 3.77. The third kappa shape index (κ3) is 1.56. The first-order valence-corrected chi connectivity index (χ1v) is 3.41. The minimum absolute atomic E-state index is 0. The molecular weight excluding hydrogens is 171 g/mol. The molecule has 1 unspecified atom stereocenters. The first-order valence-electron chi connectivity index (χ1n) is 3.41. The Bertz CT molecular complexity index is 95.9. The normalized spacial score (nSPS) is 36.0. The minimum Gasteiger partial charge on any atom is -0.299 e. The molecule has 2 aliphatic rings. The molecule has 2 heterocycles. The van der Waals surface area contributed by atoms with Gasteiger partial charge in [0.05, 0.1) is 5.66 Å². The van der Waals surface area contributed by atoms with E-state index >= 15 is 0 Å². The summed E-state index contributed by atoms with van der Waals surface area (Å²) in [5.74, 6) is 0. The summed E-state index contributed by atoms with van der Waals surface area (Å²) in [6, 6.07) is 0. The lowest BCUT2D eigenvalue weighted by Crippen LogP contribution is -2.62. The lowest BCUT2D eigenvalue weighted by atomic mass is 9.97.